The summed E-state index contributed by atoms with van der Waals surface area (Å²) >= 11 is 3.08. The van der Waals surface area contributed by atoms with E-state index in [2.05, 4.69) is 59.4 Å². The number of thiophene rings is 1. The molecular formula is C30H32N2O3S2. The average molecular weight is 533 g/mol. The van der Waals surface area contributed by atoms with Gasteiger partial charge in [0.25, 0.3) is 0 Å². The third-order valence-corrected chi connectivity index (χ3v) is 9.14. The Hall–Kier alpha value is -3.03. The highest BCUT2D eigenvalue weighted by Gasteiger charge is 2.28. The van der Waals surface area contributed by atoms with Gasteiger partial charge in [-0.15, -0.1) is 23.1 Å². The lowest BCUT2D eigenvalue weighted by Gasteiger charge is -2.13. The van der Waals surface area contributed by atoms with Crippen molar-refractivity contribution in [1.82, 2.24) is 4.57 Å². The number of carbonyl (C=O) groups is 2. The molecule has 7 heteroatoms. The lowest BCUT2D eigenvalue weighted by molar-refractivity contribution is -0.115. The fraction of sp³-hybridized carbons (Fsp3) is 0.333. The number of nitrogens with zero attached hydrogens (tertiary/aromatic N) is 1. The molecule has 37 heavy (non-hydrogen) atoms. The molecule has 0 saturated carbocycles. The second-order valence-electron chi connectivity index (χ2n) is 9.51. The highest BCUT2D eigenvalue weighted by Crippen LogP contribution is 2.39. The Bertz CT molecular complexity index is 1440. The first-order chi connectivity index (χ1) is 17.9. The summed E-state index contributed by atoms with van der Waals surface area (Å²) in [6, 6.07) is 16.9. The quantitative estimate of drug-likeness (QED) is 0.192. The van der Waals surface area contributed by atoms with Crippen molar-refractivity contribution in [1.29, 1.82) is 0 Å². The van der Waals surface area contributed by atoms with Crippen LogP contribution in [0.1, 0.15) is 58.6 Å². The van der Waals surface area contributed by atoms with Crippen molar-refractivity contribution in [2.75, 3.05) is 11.9 Å². The van der Waals surface area contributed by atoms with Gasteiger partial charge in [-0.25, -0.2) is 4.79 Å². The molecule has 1 aliphatic carbocycles. The molecule has 0 radical (unpaired) electrons. The second-order valence-corrected chi connectivity index (χ2v) is 12.0. The van der Waals surface area contributed by atoms with E-state index < -0.39 is 0 Å². The maximum absolute atomic E-state index is 13.3. The van der Waals surface area contributed by atoms with Crippen LogP contribution < -0.4 is 5.32 Å². The Morgan fingerprint density at radius 3 is 2.65 bits per heavy atom. The number of anilines is 1. The predicted octanol–water partition coefficient (Wildman–Crippen LogP) is 7.23. The van der Waals surface area contributed by atoms with Crippen molar-refractivity contribution in [3.05, 3.63) is 81.9 Å². The number of fused-ring (bicyclic) bond motifs is 2. The number of para-hydroxylation sites is 1. The van der Waals surface area contributed by atoms with Crippen LogP contribution in [-0.2, 0) is 28.9 Å². The summed E-state index contributed by atoms with van der Waals surface area (Å²) in [5.74, 6) is -0.443. The number of hydrogen-bond acceptors (Lipinski definition) is 5. The highest BCUT2D eigenvalue weighted by atomic mass is 32.2. The number of aryl methyl sites for hydroxylation is 2. The van der Waals surface area contributed by atoms with E-state index in [0.29, 0.717) is 17.2 Å². The van der Waals surface area contributed by atoms with E-state index >= 15 is 0 Å². The van der Waals surface area contributed by atoms with Crippen LogP contribution in [0.25, 0.3) is 10.9 Å². The van der Waals surface area contributed by atoms with Gasteiger partial charge in [0.2, 0.25) is 5.91 Å². The lowest BCUT2D eigenvalue weighted by atomic mass is 9.95. The van der Waals surface area contributed by atoms with Gasteiger partial charge < -0.3 is 14.6 Å². The van der Waals surface area contributed by atoms with Crippen LogP contribution in [0.5, 0.6) is 0 Å². The fourth-order valence-corrected chi connectivity index (χ4v) is 7.17. The Balaban J connectivity index is 1.37. The van der Waals surface area contributed by atoms with Gasteiger partial charge in [0.05, 0.1) is 17.4 Å². The molecule has 4 aromatic rings. The number of benzene rings is 2. The van der Waals surface area contributed by atoms with Crippen LogP contribution in [0.15, 0.2) is 59.6 Å². The molecule has 5 nitrogen and oxygen atoms in total. The Kier molecular flexibility index (Phi) is 7.72. The lowest BCUT2D eigenvalue weighted by Crippen LogP contribution is -2.23. The first kappa shape index (κ1) is 25.6. The molecule has 1 amide bonds. The first-order valence-corrected chi connectivity index (χ1v) is 14.6. The van der Waals surface area contributed by atoms with Crippen molar-refractivity contribution in [3.63, 3.8) is 0 Å². The molecule has 0 bridgehead atoms. The molecule has 2 aromatic carbocycles. The number of ether oxygens (including phenoxy) is 1. The molecule has 1 unspecified atom stereocenters. The molecule has 2 heterocycles. The molecule has 192 valence electrons. The zero-order chi connectivity index (χ0) is 25.9. The topological polar surface area (TPSA) is 60.3 Å². The molecule has 1 N–H and O–H groups in total. The molecule has 0 aliphatic heterocycles. The van der Waals surface area contributed by atoms with Gasteiger partial charge in [0.15, 0.2) is 0 Å². The van der Waals surface area contributed by atoms with Gasteiger partial charge in [-0.2, -0.15) is 0 Å². The standard InChI is InChI=1S/C30H32N2O3S2/c1-4-35-30(34)27-23-10-6-8-12-25(23)37-29(27)31-28(33)20(3)36-26-18-32(24-11-7-5-9-22(24)26)17-21-15-13-19(2)14-16-21/h5,7,9,11,13-16,18,20H,4,6,8,10,12,17H2,1-3H3,(H,31,33). The van der Waals surface area contributed by atoms with Crippen molar-refractivity contribution in [2.45, 2.75) is 63.1 Å². The summed E-state index contributed by atoms with van der Waals surface area (Å²) in [4.78, 5) is 28.4. The van der Waals surface area contributed by atoms with Crippen LogP contribution >= 0.6 is 23.1 Å². The minimum Gasteiger partial charge on any atom is -0.462 e. The van der Waals surface area contributed by atoms with Gasteiger partial charge in [-0.3, -0.25) is 4.79 Å². The molecule has 1 aliphatic rings. The van der Waals surface area contributed by atoms with Crippen molar-refractivity contribution in [3.8, 4) is 0 Å². The first-order valence-electron chi connectivity index (χ1n) is 12.9. The zero-order valence-corrected chi connectivity index (χ0v) is 23.1. The smallest absolute Gasteiger partial charge is 0.341 e. The van der Waals surface area contributed by atoms with Crippen LogP contribution in [-0.4, -0.2) is 28.3 Å². The fourth-order valence-electron chi connectivity index (χ4n) is 4.86. The largest absolute Gasteiger partial charge is 0.462 e. The number of nitrogens with one attached hydrogen (secondary N) is 1. The van der Waals surface area contributed by atoms with Gasteiger partial charge in [-0.05, 0) is 63.6 Å². The van der Waals surface area contributed by atoms with E-state index in [0.717, 1.165) is 53.6 Å². The molecule has 0 saturated heterocycles. The SMILES string of the molecule is CCOC(=O)c1c(NC(=O)C(C)Sc2cn(Cc3ccc(C)cc3)c3ccccc23)sc2c1CCCC2. The minimum absolute atomic E-state index is 0.107. The number of carbonyl (C=O) groups excluding carboxylic acids is 2. The van der Waals surface area contributed by atoms with Gasteiger partial charge in [0.1, 0.15) is 5.00 Å². The van der Waals surface area contributed by atoms with Crippen LogP contribution in [0.3, 0.4) is 0 Å². The van der Waals surface area contributed by atoms with Crippen LogP contribution in [0.2, 0.25) is 0 Å². The second kappa shape index (κ2) is 11.2. The summed E-state index contributed by atoms with van der Waals surface area (Å²) in [5, 5.41) is 4.50. The summed E-state index contributed by atoms with van der Waals surface area (Å²) in [7, 11) is 0. The number of hydrogen-bond donors (Lipinski definition) is 1. The van der Waals surface area contributed by atoms with E-state index in [1.807, 2.05) is 26.0 Å². The predicted molar refractivity (Wildman–Crippen MR) is 153 cm³/mol. The molecule has 0 fully saturated rings. The number of thioether (sulfide) groups is 1. The molecule has 0 spiro atoms. The van der Waals surface area contributed by atoms with E-state index in [-0.39, 0.29) is 17.1 Å². The minimum atomic E-state index is -0.340. The number of aromatic nitrogens is 1. The van der Waals surface area contributed by atoms with Crippen molar-refractivity contribution in [2.24, 2.45) is 0 Å². The van der Waals surface area contributed by atoms with E-state index in [4.69, 9.17) is 4.74 Å². The molecule has 5 rings (SSSR count). The number of amides is 1. The van der Waals surface area contributed by atoms with E-state index in [9.17, 15) is 9.59 Å². The average Bonchev–Trinajstić information content (AvgIpc) is 3.43. The summed E-state index contributed by atoms with van der Waals surface area (Å²) in [6.07, 6.45) is 6.13. The van der Waals surface area contributed by atoms with Gasteiger partial charge in [-0.1, -0.05) is 48.0 Å². The van der Waals surface area contributed by atoms with Crippen LogP contribution in [0.4, 0.5) is 5.00 Å². The number of esters is 1. The van der Waals surface area contributed by atoms with Crippen LogP contribution in [0, 0.1) is 6.92 Å². The van der Waals surface area contributed by atoms with E-state index in [1.54, 1.807) is 11.8 Å². The maximum Gasteiger partial charge on any atom is 0.341 e. The Morgan fingerprint density at radius 1 is 1.11 bits per heavy atom. The monoisotopic (exact) mass is 532 g/mol. The maximum atomic E-state index is 13.3. The van der Waals surface area contributed by atoms with E-state index in [1.165, 1.54) is 27.3 Å². The highest BCUT2D eigenvalue weighted by molar-refractivity contribution is 8.00. The van der Waals surface area contributed by atoms with Crippen molar-refractivity contribution < 1.29 is 14.3 Å². The normalized spacial score (nSPS) is 13.8. The summed E-state index contributed by atoms with van der Waals surface area (Å²) in [5.41, 5.74) is 5.25. The van der Waals surface area contributed by atoms with Crippen molar-refractivity contribution >= 4 is 50.9 Å². The number of rotatable bonds is 8. The molecule has 1 atom stereocenters. The summed E-state index contributed by atoms with van der Waals surface area (Å²) in [6.45, 7) is 6.91. The molecule has 2 aromatic heterocycles. The Labute approximate surface area is 226 Å². The van der Waals surface area contributed by atoms with Gasteiger partial charge >= 0.3 is 5.97 Å². The van der Waals surface area contributed by atoms with Gasteiger partial charge in [0, 0.05) is 33.4 Å². The zero-order valence-electron chi connectivity index (χ0n) is 21.5. The third kappa shape index (κ3) is 5.48. The third-order valence-electron chi connectivity index (χ3n) is 6.79. The molecular weight excluding hydrogens is 500 g/mol. The summed E-state index contributed by atoms with van der Waals surface area (Å²) < 4.78 is 7.59. The Morgan fingerprint density at radius 2 is 1.86 bits per heavy atom.